The summed E-state index contributed by atoms with van der Waals surface area (Å²) in [7, 11) is 1.68. The van der Waals surface area contributed by atoms with E-state index in [0.29, 0.717) is 13.0 Å². The van der Waals surface area contributed by atoms with Crippen LogP contribution in [0, 0.1) is 0 Å². The predicted octanol–water partition coefficient (Wildman–Crippen LogP) is 0.799. The average molecular weight is 214 g/mol. The van der Waals surface area contributed by atoms with E-state index in [4.69, 9.17) is 10.5 Å². The van der Waals surface area contributed by atoms with Crippen molar-refractivity contribution in [1.29, 1.82) is 0 Å². The van der Waals surface area contributed by atoms with E-state index in [9.17, 15) is 4.79 Å². The average Bonchev–Trinajstić information content (AvgIpc) is 2.07. The maximum Gasteiger partial charge on any atom is 0.222 e. The normalized spacial score (nSPS) is 19.5. The van der Waals surface area contributed by atoms with Crippen LogP contribution in [-0.4, -0.2) is 30.7 Å². The van der Waals surface area contributed by atoms with Gasteiger partial charge in [-0.25, -0.2) is 0 Å². The molecule has 1 rings (SSSR count). The van der Waals surface area contributed by atoms with Crippen LogP contribution in [0.1, 0.15) is 39.5 Å². The second kappa shape index (κ2) is 4.49. The Morgan fingerprint density at radius 3 is 2.47 bits per heavy atom. The molecule has 0 unspecified atom stereocenters. The fourth-order valence-electron chi connectivity index (χ4n) is 1.71. The molecule has 0 aromatic carbocycles. The molecule has 0 heterocycles. The SMILES string of the molecule is COC1(CC(=O)NCC(C)(C)N)CCC1. The summed E-state index contributed by atoms with van der Waals surface area (Å²) in [4.78, 5) is 11.6. The van der Waals surface area contributed by atoms with Gasteiger partial charge < -0.3 is 15.8 Å². The third-order valence-corrected chi connectivity index (χ3v) is 2.92. The first-order chi connectivity index (χ1) is 6.87. The lowest BCUT2D eigenvalue weighted by molar-refractivity contribution is -0.134. The summed E-state index contributed by atoms with van der Waals surface area (Å²) in [5, 5.41) is 2.84. The Labute approximate surface area is 91.5 Å². The number of methoxy groups -OCH3 is 1. The van der Waals surface area contributed by atoms with Crippen LogP contribution in [0.15, 0.2) is 0 Å². The fraction of sp³-hybridized carbons (Fsp3) is 0.909. The number of rotatable bonds is 5. The molecule has 0 aliphatic heterocycles. The molecule has 1 saturated carbocycles. The Balaban J connectivity index is 2.29. The van der Waals surface area contributed by atoms with Crippen molar-refractivity contribution in [3.05, 3.63) is 0 Å². The minimum absolute atomic E-state index is 0.0371. The molecule has 1 amide bonds. The van der Waals surface area contributed by atoms with E-state index in [1.165, 1.54) is 0 Å². The maximum absolute atomic E-state index is 11.6. The first-order valence-electron chi connectivity index (χ1n) is 5.48. The summed E-state index contributed by atoms with van der Waals surface area (Å²) in [6.07, 6.45) is 3.59. The summed E-state index contributed by atoms with van der Waals surface area (Å²) >= 11 is 0. The molecule has 0 atom stereocenters. The Morgan fingerprint density at radius 2 is 2.13 bits per heavy atom. The zero-order valence-corrected chi connectivity index (χ0v) is 9.93. The summed E-state index contributed by atoms with van der Waals surface area (Å²) in [5.74, 6) is 0.0371. The molecule has 0 radical (unpaired) electrons. The van der Waals surface area contributed by atoms with Gasteiger partial charge in [0, 0.05) is 19.2 Å². The van der Waals surface area contributed by atoms with Crippen molar-refractivity contribution in [2.75, 3.05) is 13.7 Å². The molecule has 4 nitrogen and oxygen atoms in total. The fourth-order valence-corrected chi connectivity index (χ4v) is 1.71. The molecular formula is C11H22N2O2. The van der Waals surface area contributed by atoms with Gasteiger partial charge in [0.25, 0.3) is 0 Å². The standard InChI is InChI=1S/C11H22N2O2/c1-10(2,12)8-13-9(14)7-11(15-3)5-4-6-11/h4-8,12H2,1-3H3,(H,13,14). The molecule has 3 N–H and O–H groups in total. The van der Waals surface area contributed by atoms with Crippen molar-refractivity contribution in [1.82, 2.24) is 5.32 Å². The van der Waals surface area contributed by atoms with E-state index in [1.54, 1.807) is 7.11 Å². The van der Waals surface area contributed by atoms with Gasteiger partial charge in [-0.15, -0.1) is 0 Å². The van der Waals surface area contributed by atoms with Crippen LogP contribution in [-0.2, 0) is 9.53 Å². The molecule has 0 spiro atoms. The molecule has 15 heavy (non-hydrogen) atoms. The van der Waals surface area contributed by atoms with Crippen molar-refractivity contribution < 1.29 is 9.53 Å². The zero-order valence-electron chi connectivity index (χ0n) is 9.93. The first kappa shape index (κ1) is 12.5. The lowest BCUT2D eigenvalue weighted by Gasteiger charge is -2.40. The van der Waals surface area contributed by atoms with Crippen LogP contribution in [0.2, 0.25) is 0 Å². The third kappa shape index (κ3) is 3.80. The van der Waals surface area contributed by atoms with Gasteiger partial charge in [-0.2, -0.15) is 0 Å². The third-order valence-electron chi connectivity index (χ3n) is 2.92. The van der Waals surface area contributed by atoms with Crippen LogP contribution in [0.5, 0.6) is 0 Å². The van der Waals surface area contributed by atoms with Crippen LogP contribution in [0.25, 0.3) is 0 Å². The Morgan fingerprint density at radius 1 is 1.53 bits per heavy atom. The highest BCUT2D eigenvalue weighted by Gasteiger charge is 2.38. The highest BCUT2D eigenvalue weighted by molar-refractivity contribution is 5.77. The van der Waals surface area contributed by atoms with Crippen molar-refractivity contribution >= 4 is 5.91 Å². The Kier molecular flexibility index (Phi) is 3.73. The van der Waals surface area contributed by atoms with Crippen LogP contribution in [0.4, 0.5) is 0 Å². The second-order valence-electron chi connectivity index (χ2n) is 5.18. The molecule has 0 aromatic rings. The van der Waals surface area contributed by atoms with Gasteiger partial charge in [-0.1, -0.05) is 0 Å². The van der Waals surface area contributed by atoms with Crippen molar-refractivity contribution in [3.8, 4) is 0 Å². The quantitative estimate of drug-likeness (QED) is 0.711. The first-order valence-corrected chi connectivity index (χ1v) is 5.48. The molecule has 0 bridgehead atoms. The summed E-state index contributed by atoms with van der Waals surface area (Å²) in [5.41, 5.74) is 5.24. The number of amides is 1. The molecule has 1 aliphatic carbocycles. The predicted molar refractivity (Wildman–Crippen MR) is 59.5 cm³/mol. The van der Waals surface area contributed by atoms with Gasteiger partial charge in [-0.3, -0.25) is 4.79 Å². The molecule has 0 saturated heterocycles. The minimum Gasteiger partial charge on any atom is -0.378 e. The van der Waals surface area contributed by atoms with E-state index in [-0.39, 0.29) is 17.0 Å². The summed E-state index contributed by atoms with van der Waals surface area (Å²) in [6.45, 7) is 4.29. The van der Waals surface area contributed by atoms with E-state index in [2.05, 4.69) is 5.32 Å². The lowest BCUT2D eigenvalue weighted by Crippen LogP contribution is -2.48. The number of nitrogens with one attached hydrogen (secondary N) is 1. The Bertz CT molecular complexity index is 224. The van der Waals surface area contributed by atoms with Crippen LogP contribution < -0.4 is 11.1 Å². The monoisotopic (exact) mass is 214 g/mol. The lowest BCUT2D eigenvalue weighted by atomic mass is 9.77. The van der Waals surface area contributed by atoms with Gasteiger partial charge >= 0.3 is 0 Å². The molecule has 88 valence electrons. The molecular weight excluding hydrogens is 192 g/mol. The van der Waals surface area contributed by atoms with Crippen molar-refractivity contribution in [3.63, 3.8) is 0 Å². The zero-order chi connectivity index (χ0) is 11.5. The number of nitrogens with two attached hydrogens (primary N) is 1. The molecule has 1 aliphatic rings. The number of ether oxygens (including phenoxy) is 1. The number of carbonyl (C=O) groups excluding carboxylic acids is 1. The smallest absolute Gasteiger partial charge is 0.222 e. The van der Waals surface area contributed by atoms with E-state index in [0.717, 1.165) is 19.3 Å². The summed E-state index contributed by atoms with van der Waals surface area (Å²) in [6, 6.07) is 0. The molecule has 1 fully saturated rings. The van der Waals surface area contributed by atoms with Crippen LogP contribution >= 0.6 is 0 Å². The molecule has 0 aromatic heterocycles. The van der Waals surface area contributed by atoms with Gasteiger partial charge in [-0.05, 0) is 33.1 Å². The maximum atomic E-state index is 11.6. The van der Waals surface area contributed by atoms with Gasteiger partial charge in [0.2, 0.25) is 5.91 Å². The number of carbonyl (C=O) groups is 1. The minimum atomic E-state index is -0.352. The van der Waals surface area contributed by atoms with Crippen molar-refractivity contribution in [2.24, 2.45) is 5.73 Å². The summed E-state index contributed by atoms with van der Waals surface area (Å²) < 4.78 is 5.38. The molecule has 4 heteroatoms. The number of hydrogen-bond donors (Lipinski definition) is 2. The van der Waals surface area contributed by atoms with E-state index < -0.39 is 0 Å². The number of hydrogen-bond acceptors (Lipinski definition) is 3. The highest BCUT2D eigenvalue weighted by Crippen LogP contribution is 2.37. The van der Waals surface area contributed by atoms with Gasteiger partial charge in [0.15, 0.2) is 0 Å². The topological polar surface area (TPSA) is 64.3 Å². The van der Waals surface area contributed by atoms with E-state index in [1.807, 2.05) is 13.8 Å². The van der Waals surface area contributed by atoms with Gasteiger partial charge in [0.05, 0.1) is 12.0 Å². The largest absolute Gasteiger partial charge is 0.378 e. The van der Waals surface area contributed by atoms with Crippen molar-refractivity contribution in [2.45, 2.75) is 50.7 Å². The Hall–Kier alpha value is -0.610. The van der Waals surface area contributed by atoms with Gasteiger partial charge in [0.1, 0.15) is 0 Å². The van der Waals surface area contributed by atoms with E-state index >= 15 is 0 Å². The van der Waals surface area contributed by atoms with Crippen LogP contribution in [0.3, 0.4) is 0 Å². The second-order valence-corrected chi connectivity index (χ2v) is 5.18. The highest BCUT2D eigenvalue weighted by atomic mass is 16.5.